The van der Waals surface area contributed by atoms with Crippen molar-refractivity contribution in [1.29, 1.82) is 0 Å². The van der Waals surface area contributed by atoms with E-state index in [9.17, 15) is 14.0 Å². The number of nitrogens with zero attached hydrogens (tertiary/aromatic N) is 1. The number of ketones is 2. The van der Waals surface area contributed by atoms with Gasteiger partial charge in [0.25, 0.3) is 0 Å². The van der Waals surface area contributed by atoms with Crippen LogP contribution in [0.3, 0.4) is 0 Å². The molecule has 5 heteroatoms. The molecule has 114 valence electrons. The first-order valence-corrected chi connectivity index (χ1v) is 7.34. The van der Waals surface area contributed by atoms with Gasteiger partial charge < -0.3 is 4.42 Å². The second-order valence-corrected chi connectivity index (χ2v) is 5.67. The van der Waals surface area contributed by atoms with Crippen LogP contribution < -0.4 is 0 Å². The third-order valence-electron chi connectivity index (χ3n) is 4.33. The topological polar surface area (TPSA) is 60.2 Å². The van der Waals surface area contributed by atoms with Gasteiger partial charge >= 0.3 is 0 Å². The Morgan fingerprint density at radius 2 is 1.75 bits per heavy atom. The number of rotatable bonds is 0. The Hall–Kier alpha value is -3.34. The van der Waals surface area contributed by atoms with Gasteiger partial charge in [-0.3, -0.25) is 14.6 Å². The zero-order valence-electron chi connectivity index (χ0n) is 12.2. The van der Waals surface area contributed by atoms with E-state index in [4.69, 9.17) is 4.42 Å². The van der Waals surface area contributed by atoms with Gasteiger partial charge in [-0.05, 0) is 18.2 Å². The molecule has 4 nitrogen and oxygen atoms in total. The van der Waals surface area contributed by atoms with Crippen LogP contribution in [-0.2, 0) is 0 Å². The van der Waals surface area contributed by atoms with Crippen molar-refractivity contribution in [2.75, 3.05) is 0 Å². The molecule has 0 radical (unpaired) electrons. The SMILES string of the molecule is O=C1c2oc3ccccc3c2C(=O)c2cnc3cc(F)ccc3c21. The smallest absolute Gasteiger partial charge is 0.230 e. The molecular weight excluding hydrogens is 309 g/mol. The summed E-state index contributed by atoms with van der Waals surface area (Å²) in [6, 6.07) is 11.0. The van der Waals surface area contributed by atoms with Crippen molar-refractivity contribution in [3.63, 3.8) is 0 Å². The quantitative estimate of drug-likeness (QED) is 0.435. The van der Waals surface area contributed by atoms with Gasteiger partial charge in [-0.1, -0.05) is 18.2 Å². The third kappa shape index (κ3) is 1.53. The molecule has 0 atom stereocenters. The van der Waals surface area contributed by atoms with E-state index < -0.39 is 5.82 Å². The summed E-state index contributed by atoms with van der Waals surface area (Å²) >= 11 is 0. The molecule has 24 heavy (non-hydrogen) atoms. The standard InChI is InChI=1S/C19H8FNO3/c20-9-5-6-10-13(7-9)21-8-12-15(10)18(23)19-16(17(12)22)11-3-1-2-4-14(11)24-19/h1-8H. The number of pyridine rings is 1. The maximum absolute atomic E-state index is 13.4. The van der Waals surface area contributed by atoms with Gasteiger partial charge in [0.2, 0.25) is 5.78 Å². The maximum Gasteiger partial charge on any atom is 0.230 e. The van der Waals surface area contributed by atoms with Crippen LogP contribution in [-0.4, -0.2) is 16.6 Å². The van der Waals surface area contributed by atoms with Crippen LogP contribution >= 0.6 is 0 Å². The molecule has 2 aromatic heterocycles. The van der Waals surface area contributed by atoms with Crippen LogP contribution in [0, 0.1) is 5.82 Å². The third-order valence-corrected chi connectivity index (χ3v) is 4.33. The first kappa shape index (κ1) is 13.1. The largest absolute Gasteiger partial charge is 0.452 e. The van der Waals surface area contributed by atoms with E-state index in [1.54, 1.807) is 24.3 Å². The number of fused-ring (bicyclic) bond motifs is 6. The normalized spacial score (nSPS) is 13.4. The highest BCUT2D eigenvalue weighted by Gasteiger charge is 2.36. The Balaban J connectivity index is 1.90. The Kier molecular flexibility index (Phi) is 2.38. The lowest BCUT2D eigenvalue weighted by Gasteiger charge is -2.15. The second-order valence-electron chi connectivity index (χ2n) is 5.67. The van der Waals surface area contributed by atoms with Crippen molar-refractivity contribution in [1.82, 2.24) is 4.98 Å². The summed E-state index contributed by atoms with van der Waals surface area (Å²) in [5, 5.41) is 1.05. The van der Waals surface area contributed by atoms with E-state index in [0.29, 0.717) is 21.9 Å². The van der Waals surface area contributed by atoms with Crippen LogP contribution in [0.1, 0.15) is 32.0 Å². The molecule has 5 rings (SSSR count). The van der Waals surface area contributed by atoms with Crippen LogP contribution in [0.4, 0.5) is 4.39 Å². The highest BCUT2D eigenvalue weighted by atomic mass is 19.1. The van der Waals surface area contributed by atoms with Crippen molar-refractivity contribution >= 4 is 33.4 Å². The minimum atomic E-state index is -0.450. The number of carbonyl (C=O) groups excluding carboxylic acids is 2. The number of aromatic nitrogens is 1. The summed E-state index contributed by atoms with van der Waals surface area (Å²) in [7, 11) is 0. The lowest BCUT2D eigenvalue weighted by Crippen LogP contribution is -2.20. The molecule has 0 saturated heterocycles. The van der Waals surface area contributed by atoms with E-state index in [0.717, 1.165) is 0 Å². The minimum Gasteiger partial charge on any atom is -0.452 e. The van der Waals surface area contributed by atoms with E-state index in [1.165, 1.54) is 24.4 Å². The molecule has 4 aromatic rings. The Bertz CT molecular complexity index is 1210. The predicted molar refractivity (Wildman–Crippen MR) is 84.8 cm³/mol. The molecule has 0 amide bonds. The molecule has 1 aliphatic carbocycles. The monoisotopic (exact) mass is 317 g/mol. The van der Waals surface area contributed by atoms with Crippen molar-refractivity contribution in [3.8, 4) is 0 Å². The van der Waals surface area contributed by atoms with Gasteiger partial charge in [-0.2, -0.15) is 0 Å². The number of para-hydroxylation sites is 1. The van der Waals surface area contributed by atoms with E-state index >= 15 is 0 Å². The molecule has 2 aromatic carbocycles. The van der Waals surface area contributed by atoms with Crippen molar-refractivity contribution in [3.05, 3.63) is 76.9 Å². The van der Waals surface area contributed by atoms with Crippen LogP contribution in [0.25, 0.3) is 21.9 Å². The molecule has 0 aliphatic heterocycles. The molecular formula is C19H8FNO3. The minimum absolute atomic E-state index is 0.0329. The van der Waals surface area contributed by atoms with Crippen molar-refractivity contribution in [2.45, 2.75) is 0 Å². The van der Waals surface area contributed by atoms with E-state index in [1.807, 2.05) is 0 Å². The van der Waals surface area contributed by atoms with Gasteiger partial charge in [-0.25, -0.2) is 4.39 Å². The molecule has 0 spiro atoms. The zero-order valence-corrected chi connectivity index (χ0v) is 12.2. The van der Waals surface area contributed by atoms with Gasteiger partial charge in [0.15, 0.2) is 11.5 Å². The first-order chi connectivity index (χ1) is 11.6. The van der Waals surface area contributed by atoms with Crippen molar-refractivity contribution in [2.24, 2.45) is 0 Å². The Labute approximate surface area is 134 Å². The number of hydrogen-bond acceptors (Lipinski definition) is 4. The molecule has 0 saturated carbocycles. The highest BCUT2D eigenvalue weighted by molar-refractivity contribution is 6.34. The first-order valence-electron chi connectivity index (χ1n) is 7.34. The maximum atomic E-state index is 13.4. The van der Waals surface area contributed by atoms with E-state index in [-0.39, 0.29) is 34.0 Å². The molecule has 0 unspecified atom stereocenters. The zero-order chi connectivity index (χ0) is 16.4. The summed E-state index contributed by atoms with van der Waals surface area (Å²) < 4.78 is 19.0. The van der Waals surface area contributed by atoms with Gasteiger partial charge in [0.1, 0.15) is 11.4 Å². The second kappa shape index (κ2) is 4.35. The van der Waals surface area contributed by atoms with Gasteiger partial charge in [0, 0.05) is 28.6 Å². The molecule has 2 heterocycles. The highest BCUT2D eigenvalue weighted by Crippen LogP contribution is 2.36. The lowest BCUT2D eigenvalue weighted by atomic mass is 9.86. The van der Waals surface area contributed by atoms with Crippen molar-refractivity contribution < 1.29 is 18.4 Å². The molecule has 0 fully saturated rings. The molecule has 0 bridgehead atoms. The summed E-state index contributed by atoms with van der Waals surface area (Å²) in [4.78, 5) is 30.0. The van der Waals surface area contributed by atoms with Crippen LogP contribution in [0.15, 0.2) is 53.1 Å². The lowest BCUT2D eigenvalue weighted by molar-refractivity contribution is 0.0963. The Morgan fingerprint density at radius 1 is 0.917 bits per heavy atom. The summed E-state index contributed by atoms with van der Waals surface area (Å²) in [6.07, 6.45) is 1.34. The number of carbonyl (C=O) groups is 2. The van der Waals surface area contributed by atoms with Crippen LogP contribution in [0.2, 0.25) is 0 Å². The molecule has 1 aliphatic rings. The Morgan fingerprint density at radius 3 is 2.62 bits per heavy atom. The van der Waals surface area contributed by atoms with Gasteiger partial charge in [-0.15, -0.1) is 0 Å². The van der Waals surface area contributed by atoms with Crippen LogP contribution in [0.5, 0.6) is 0 Å². The number of benzene rings is 2. The predicted octanol–water partition coefficient (Wildman–Crippen LogP) is 3.90. The average molecular weight is 317 g/mol. The molecule has 0 N–H and O–H groups in total. The summed E-state index contributed by atoms with van der Waals surface area (Å²) in [5.41, 5.74) is 1.52. The van der Waals surface area contributed by atoms with E-state index in [2.05, 4.69) is 4.98 Å². The summed E-state index contributed by atoms with van der Waals surface area (Å²) in [5.74, 6) is -1.10. The number of halogens is 1. The average Bonchev–Trinajstić information content (AvgIpc) is 2.98. The number of furan rings is 1. The fourth-order valence-electron chi connectivity index (χ4n) is 3.26. The fourth-order valence-corrected chi connectivity index (χ4v) is 3.26. The summed E-state index contributed by atoms with van der Waals surface area (Å²) in [6.45, 7) is 0. The fraction of sp³-hybridized carbons (Fsp3) is 0. The number of hydrogen-bond donors (Lipinski definition) is 0. The van der Waals surface area contributed by atoms with Gasteiger partial charge in [0.05, 0.1) is 16.6 Å².